The van der Waals surface area contributed by atoms with Gasteiger partial charge < -0.3 is 4.90 Å². The number of likely N-dealkylation sites (tertiary alicyclic amines) is 1. The molecule has 1 saturated heterocycles. The molecular weight excluding hydrogens is 146 g/mol. The summed E-state index contributed by atoms with van der Waals surface area (Å²) in [6.45, 7) is 2.31. The van der Waals surface area contributed by atoms with E-state index in [1.54, 1.807) is 5.70 Å². The molecule has 1 nitrogen and oxygen atoms in total. The lowest BCUT2D eigenvalue weighted by Crippen LogP contribution is -2.37. The minimum Gasteiger partial charge on any atom is -0.375 e. The number of hydrogen-bond donors (Lipinski definition) is 0. The van der Waals surface area contributed by atoms with E-state index in [9.17, 15) is 0 Å². The smallest absolute Gasteiger partial charge is 0.0255 e. The Balaban J connectivity index is 2.21. The molecule has 0 aromatic heterocycles. The van der Waals surface area contributed by atoms with Gasteiger partial charge in [-0.3, -0.25) is 0 Å². The molecule has 0 N–H and O–H groups in total. The highest BCUT2D eigenvalue weighted by molar-refractivity contribution is 5.21. The van der Waals surface area contributed by atoms with Crippen molar-refractivity contribution in [1.82, 2.24) is 4.90 Å². The molecule has 0 bridgehead atoms. The molecule has 1 heteroatoms. The van der Waals surface area contributed by atoms with E-state index in [1.807, 2.05) is 0 Å². The van der Waals surface area contributed by atoms with E-state index in [0.717, 1.165) is 12.0 Å². The molecular formula is C11H17N. The first-order chi connectivity index (χ1) is 5.79. The van der Waals surface area contributed by atoms with Crippen LogP contribution in [-0.2, 0) is 0 Å². The predicted molar refractivity (Wildman–Crippen MR) is 51.8 cm³/mol. The Morgan fingerprint density at radius 1 is 1.42 bits per heavy atom. The molecule has 1 fully saturated rings. The fourth-order valence-electron chi connectivity index (χ4n) is 2.23. The van der Waals surface area contributed by atoms with Gasteiger partial charge in [0.1, 0.15) is 0 Å². The number of nitrogens with zero attached hydrogens (tertiary/aromatic N) is 1. The number of piperidine rings is 1. The van der Waals surface area contributed by atoms with Crippen LogP contribution in [0.4, 0.5) is 0 Å². The lowest BCUT2D eigenvalue weighted by molar-refractivity contribution is 0.210. The van der Waals surface area contributed by atoms with Crippen LogP contribution in [0.1, 0.15) is 26.2 Å². The summed E-state index contributed by atoms with van der Waals surface area (Å²) >= 11 is 0. The fraction of sp³-hybridized carbons (Fsp3) is 0.636. The van der Waals surface area contributed by atoms with Crippen molar-refractivity contribution in [1.29, 1.82) is 0 Å². The van der Waals surface area contributed by atoms with Crippen molar-refractivity contribution in [3.05, 3.63) is 23.9 Å². The normalized spacial score (nSPS) is 34.5. The summed E-state index contributed by atoms with van der Waals surface area (Å²) in [4.78, 5) is 2.44. The molecule has 1 heterocycles. The van der Waals surface area contributed by atoms with Gasteiger partial charge in [-0.05, 0) is 32.3 Å². The highest BCUT2D eigenvalue weighted by atomic mass is 15.1. The van der Waals surface area contributed by atoms with Crippen LogP contribution < -0.4 is 0 Å². The topological polar surface area (TPSA) is 3.24 Å². The molecule has 1 aliphatic carbocycles. The average Bonchev–Trinajstić information content (AvgIpc) is 2.12. The van der Waals surface area contributed by atoms with Gasteiger partial charge in [0.15, 0.2) is 0 Å². The number of fused-ring (bicyclic) bond motifs is 1. The molecule has 2 rings (SSSR count). The van der Waals surface area contributed by atoms with Crippen molar-refractivity contribution in [3.63, 3.8) is 0 Å². The third-order valence-corrected chi connectivity index (χ3v) is 3.24. The van der Waals surface area contributed by atoms with Crippen molar-refractivity contribution < 1.29 is 0 Å². The van der Waals surface area contributed by atoms with Gasteiger partial charge in [-0.1, -0.05) is 12.2 Å². The van der Waals surface area contributed by atoms with Gasteiger partial charge in [0, 0.05) is 24.7 Å². The van der Waals surface area contributed by atoms with Crippen molar-refractivity contribution >= 4 is 0 Å². The minimum atomic E-state index is 0.735. The second-order valence-corrected chi connectivity index (χ2v) is 3.99. The van der Waals surface area contributed by atoms with Crippen molar-refractivity contribution in [3.8, 4) is 0 Å². The maximum atomic E-state index is 2.44. The summed E-state index contributed by atoms with van der Waals surface area (Å²) in [6.07, 6.45) is 10.7. The van der Waals surface area contributed by atoms with Crippen LogP contribution in [0.2, 0.25) is 0 Å². The first-order valence-electron chi connectivity index (χ1n) is 4.88. The third kappa shape index (κ3) is 1.17. The molecule has 0 amide bonds. The van der Waals surface area contributed by atoms with Crippen molar-refractivity contribution in [2.75, 3.05) is 7.05 Å². The molecule has 0 aromatic rings. The highest BCUT2D eigenvalue weighted by Crippen LogP contribution is 2.34. The van der Waals surface area contributed by atoms with Gasteiger partial charge in [0.2, 0.25) is 0 Å². The molecule has 1 aliphatic heterocycles. The van der Waals surface area contributed by atoms with E-state index in [-0.39, 0.29) is 0 Å². The second-order valence-electron chi connectivity index (χ2n) is 3.99. The summed E-state index contributed by atoms with van der Waals surface area (Å²) in [5.41, 5.74) is 1.55. The first-order valence-corrected chi connectivity index (χ1v) is 4.88. The second kappa shape index (κ2) is 2.96. The van der Waals surface area contributed by atoms with Crippen LogP contribution in [0, 0.1) is 5.92 Å². The molecule has 0 aromatic carbocycles. The standard InChI is InChI=1S/C11H17N/c1-9-7-8-10-5-3-4-6-11(10)12(9)2/h3-4,6,9-10H,5,7-8H2,1-2H3. The summed E-state index contributed by atoms with van der Waals surface area (Å²) in [6, 6.07) is 0.735. The Morgan fingerprint density at radius 3 is 3.08 bits per heavy atom. The Bertz CT molecular complexity index is 227. The maximum Gasteiger partial charge on any atom is 0.0255 e. The Labute approximate surface area is 74.8 Å². The largest absolute Gasteiger partial charge is 0.375 e. The maximum absolute atomic E-state index is 2.44. The summed E-state index contributed by atoms with van der Waals surface area (Å²) < 4.78 is 0. The molecule has 0 saturated carbocycles. The predicted octanol–water partition coefficient (Wildman–Crippen LogP) is 2.56. The Morgan fingerprint density at radius 2 is 2.25 bits per heavy atom. The van der Waals surface area contributed by atoms with E-state index in [4.69, 9.17) is 0 Å². The fourth-order valence-corrected chi connectivity index (χ4v) is 2.23. The van der Waals surface area contributed by atoms with Crippen LogP contribution in [0.25, 0.3) is 0 Å². The van der Waals surface area contributed by atoms with E-state index < -0.39 is 0 Å². The lowest BCUT2D eigenvalue weighted by Gasteiger charge is -2.40. The molecule has 66 valence electrons. The quantitative estimate of drug-likeness (QED) is 0.530. The first kappa shape index (κ1) is 7.90. The SMILES string of the molecule is CC1CCC2CC=CC=C2N1C. The Hall–Kier alpha value is -0.720. The van der Waals surface area contributed by atoms with Gasteiger partial charge in [-0.15, -0.1) is 0 Å². The highest BCUT2D eigenvalue weighted by Gasteiger charge is 2.26. The summed E-state index contributed by atoms with van der Waals surface area (Å²) in [5.74, 6) is 0.816. The zero-order chi connectivity index (χ0) is 8.55. The van der Waals surface area contributed by atoms with E-state index in [1.165, 1.54) is 19.3 Å². The van der Waals surface area contributed by atoms with Crippen LogP contribution in [0.5, 0.6) is 0 Å². The number of hydrogen-bond acceptors (Lipinski definition) is 1. The Kier molecular flexibility index (Phi) is 1.95. The van der Waals surface area contributed by atoms with Gasteiger partial charge >= 0.3 is 0 Å². The molecule has 2 atom stereocenters. The van der Waals surface area contributed by atoms with Gasteiger partial charge in [-0.2, -0.15) is 0 Å². The molecule has 2 aliphatic rings. The van der Waals surface area contributed by atoms with Crippen LogP contribution in [0.3, 0.4) is 0 Å². The third-order valence-electron chi connectivity index (χ3n) is 3.24. The molecule has 0 spiro atoms. The van der Waals surface area contributed by atoms with Crippen molar-refractivity contribution in [2.45, 2.75) is 32.2 Å². The zero-order valence-corrected chi connectivity index (χ0v) is 7.96. The summed E-state index contributed by atoms with van der Waals surface area (Å²) in [5, 5.41) is 0. The van der Waals surface area contributed by atoms with E-state index >= 15 is 0 Å². The van der Waals surface area contributed by atoms with Crippen LogP contribution in [0.15, 0.2) is 23.9 Å². The average molecular weight is 163 g/mol. The summed E-state index contributed by atoms with van der Waals surface area (Å²) in [7, 11) is 2.22. The van der Waals surface area contributed by atoms with Crippen LogP contribution in [-0.4, -0.2) is 18.0 Å². The molecule has 2 unspecified atom stereocenters. The van der Waals surface area contributed by atoms with Crippen LogP contribution >= 0.6 is 0 Å². The lowest BCUT2D eigenvalue weighted by atomic mass is 9.85. The minimum absolute atomic E-state index is 0.735. The molecule has 12 heavy (non-hydrogen) atoms. The van der Waals surface area contributed by atoms with Crippen molar-refractivity contribution in [2.24, 2.45) is 5.92 Å². The monoisotopic (exact) mass is 163 g/mol. The zero-order valence-electron chi connectivity index (χ0n) is 7.96. The van der Waals surface area contributed by atoms with Gasteiger partial charge in [0.05, 0.1) is 0 Å². The molecule has 0 radical (unpaired) electrons. The van der Waals surface area contributed by atoms with E-state index in [0.29, 0.717) is 0 Å². The number of allylic oxidation sites excluding steroid dienone is 4. The van der Waals surface area contributed by atoms with Gasteiger partial charge in [0.25, 0.3) is 0 Å². The number of rotatable bonds is 0. The van der Waals surface area contributed by atoms with Gasteiger partial charge in [-0.25, -0.2) is 0 Å². The van der Waals surface area contributed by atoms with E-state index in [2.05, 4.69) is 37.1 Å².